The van der Waals surface area contributed by atoms with Crippen molar-refractivity contribution in [1.29, 1.82) is 0 Å². The van der Waals surface area contributed by atoms with Gasteiger partial charge in [0.25, 0.3) is 0 Å². The number of carbonyl (C=O) groups is 2. The Morgan fingerprint density at radius 2 is 2.04 bits per heavy atom. The first-order valence-electron chi connectivity index (χ1n) is 7.80. The first-order chi connectivity index (χ1) is 11.3. The normalized spacial score (nSPS) is 27.5. The van der Waals surface area contributed by atoms with Crippen LogP contribution >= 0.6 is 0 Å². The molecule has 2 amide bonds. The van der Waals surface area contributed by atoms with Gasteiger partial charge >= 0.3 is 0 Å². The van der Waals surface area contributed by atoms with E-state index >= 15 is 0 Å². The molecule has 130 valence electrons. The first kappa shape index (κ1) is 16.9. The lowest BCUT2D eigenvalue weighted by Gasteiger charge is -2.23. The lowest BCUT2D eigenvalue weighted by molar-refractivity contribution is -0.134. The molecule has 1 N–H and O–H groups in total. The van der Waals surface area contributed by atoms with Gasteiger partial charge in [-0.05, 0) is 31.0 Å². The molecular formula is C16H19FN2O4S. The number of amides is 2. The van der Waals surface area contributed by atoms with Crippen molar-refractivity contribution in [2.24, 2.45) is 11.8 Å². The molecule has 1 saturated carbocycles. The molecule has 8 heteroatoms. The van der Waals surface area contributed by atoms with Gasteiger partial charge in [-0.15, -0.1) is 0 Å². The molecule has 1 heterocycles. The maximum atomic E-state index is 13.1. The minimum Gasteiger partial charge on any atom is -0.341 e. The van der Waals surface area contributed by atoms with Gasteiger partial charge in [0.2, 0.25) is 11.8 Å². The Hall–Kier alpha value is -1.96. The van der Waals surface area contributed by atoms with Crippen molar-refractivity contribution in [2.75, 3.05) is 23.9 Å². The summed E-state index contributed by atoms with van der Waals surface area (Å²) in [6.07, 6.45) is 0.876. The monoisotopic (exact) mass is 354 g/mol. The largest absolute Gasteiger partial charge is 0.341 e. The second-order valence-corrected chi connectivity index (χ2v) is 8.68. The van der Waals surface area contributed by atoms with Crippen molar-refractivity contribution < 1.29 is 22.4 Å². The highest BCUT2D eigenvalue weighted by Gasteiger charge is 2.50. The molecule has 1 saturated heterocycles. The number of halogens is 1. The molecule has 1 aliphatic carbocycles. The van der Waals surface area contributed by atoms with Crippen molar-refractivity contribution in [3.63, 3.8) is 0 Å². The van der Waals surface area contributed by atoms with Crippen LogP contribution in [-0.2, 0) is 19.4 Å². The predicted molar refractivity (Wildman–Crippen MR) is 86.5 cm³/mol. The van der Waals surface area contributed by atoms with Gasteiger partial charge in [0, 0.05) is 18.8 Å². The van der Waals surface area contributed by atoms with E-state index in [1.807, 2.05) is 0 Å². The number of rotatable bonds is 4. The number of nitrogens with zero attached hydrogens (tertiary/aromatic N) is 1. The topological polar surface area (TPSA) is 83.6 Å². The van der Waals surface area contributed by atoms with Crippen molar-refractivity contribution >= 4 is 27.3 Å². The van der Waals surface area contributed by atoms with Crippen LogP contribution in [0.2, 0.25) is 0 Å². The van der Waals surface area contributed by atoms with Gasteiger partial charge in [0.15, 0.2) is 9.84 Å². The third-order valence-corrected chi connectivity index (χ3v) is 6.39. The SMILES string of the molecule is CN(C(=O)C1CC1C(=O)Nc1cccc(F)c1)C1CCS(=O)(=O)C1. The lowest BCUT2D eigenvalue weighted by atomic mass is 10.2. The Morgan fingerprint density at radius 3 is 2.67 bits per heavy atom. The molecule has 3 unspecified atom stereocenters. The van der Waals surface area contributed by atoms with Crippen LogP contribution in [0.5, 0.6) is 0 Å². The number of carbonyl (C=O) groups excluding carboxylic acids is 2. The molecule has 24 heavy (non-hydrogen) atoms. The minimum atomic E-state index is -3.06. The Morgan fingerprint density at radius 1 is 1.29 bits per heavy atom. The molecule has 1 aliphatic heterocycles. The van der Waals surface area contributed by atoms with E-state index < -0.39 is 27.5 Å². The summed E-state index contributed by atoms with van der Waals surface area (Å²) in [4.78, 5) is 26.0. The van der Waals surface area contributed by atoms with Crippen LogP contribution in [0, 0.1) is 17.7 Å². The second-order valence-electron chi connectivity index (χ2n) is 6.45. The number of hydrogen-bond donors (Lipinski definition) is 1. The molecule has 3 atom stereocenters. The van der Waals surface area contributed by atoms with Crippen LogP contribution < -0.4 is 5.32 Å². The molecule has 0 radical (unpaired) electrons. The maximum absolute atomic E-state index is 13.1. The van der Waals surface area contributed by atoms with Crippen LogP contribution in [-0.4, -0.2) is 49.7 Å². The van der Waals surface area contributed by atoms with Gasteiger partial charge in [-0.3, -0.25) is 9.59 Å². The third kappa shape index (κ3) is 3.58. The first-order valence-corrected chi connectivity index (χ1v) is 9.62. The summed E-state index contributed by atoms with van der Waals surface area (Å²) in [5, 5.41) is 2.61. The minimum absolute atomic E-state index is 0.0118. The van der Waals surface area contributed by atoms with E-state index in [0.717, 1.165) is 0 Å². The highest BCUT2D eigenvalue weighted by atomic mass is 32.2. The van der Waals surface area contributed by atoms with Gasteiger partial charge in [-0.25, -0.2) is 12.8 Å². The smallest absolute Gasteiger partial charge is 0.228 e. The standard InChI is InChI=1S/C16H19FN2O4S/c1-19(12-5-6-24(22,23)9-12)16(21)14-8-13(14)15(20)18-11-4-2-3-10(17)7-11/h2-4,7,12-14H,5-6,8-9H2,1H3,(H,18,20). The molecule has 1 aromatic rings. The van der Waals surface area contributed by atoms with E-state index in [1.165, 1.54) is 23.1 Å². The molecule has 2 fully saturated rings. The highest BCUT2D eigenvalue weighted by molar-refractivity contribution is 7.91. The molecule has 6 nitrogen and oxygen atoms in total. The average Bonchev–Trinajstić information content (AvgIpc) is 3.23. The van der Waals surface area contributed by atoms with Crippen LogP contribution in [0.15, 0.2) is 24.3 Å². The van der Waals surface area contributed by atoms with Crippen molar-refractivity contribution in [3.8, 4) is 0 Å². The Labute approximate surface area is 139 Å². The quantitative estimate of drug-likeness (QED) is 0.876. The fourth-order valence-corrected chi connectivity index (χ4v) is 4.86. The molecule has 3 rings (SSSR count). The second kappa shape index (κ2) is 6.16. The van der Waals surface area contributed by atoms with Gasteiger partial charge in [-0.1, -0.05) is 6.07 Å². The number of nitrogens with one attached hydrogen (secondary N) is 1. The van der Waals surface area contributed by atoms with E-state index in [0.29, 0.717) is 18.5 Å². The summed E-state index contributed by atoms with van der Waals surface area (Å²) >= 11 is 0. The third-order valence-electron chi connectivity index (χ3n) is 4.64. The van der Waals surface area contributed by atoms with E-state index in [4.69, 9.17) is 0 Å². The van der Waals surface area contributed by atoms with Crippen LogP contribution in [0.25, 0.3) is 0 Å². The number of benzene rings is 1. The van der Waals surface area contributed by atoms with Crippen molar-refractivity contribution in [1.82, 2.24) is 4.90 Å². The zero-order chi connectivity index (χ0) is 17.5. The molecule has 1 aromatic carbocycles. The fraction of sp³-hybridized carbons (Fsp3) is 0.500. The Bertz CT molecular complexity index is 780. The van der Waals surface area contributed by atoms with E-state index in [2.05, 4.69) is 5.32 Å². The van der Waals surface area contributed by atoms with Crippen LogP contribution in [0.4, 0.5) is 10.1 Å². The van der Waals surface area contributed by atoms with Gasteiger partial charge < -0.3 is 10.2 Å². The zero-order valence-corrected chi connectivity index (χ0v) is 14.1. The Kier molecular flexibility index (Phi) is 4.33. The fourth-order valence-electron chi connectivity index (χ4n) is 3.08. The summed E-state index contributed by atoms with van der Waals surface area (Å²) in [5.74, 6) is -1.74. The number of sulfone groups is 1. The number of hydrogen-bond acceptors (Lipinski definition) is 4. The maximum Gasteiger partial charge on any atom is 0.228 e. The summed E-state index contributed by atoms with van der Waals surface area (Å²) in [7, 11) is -1.47. The molecular weight excluding hydrogens is 335 g/mol. The van der Waals surface area contributed by atoms with Crippen LogP contribution in [0.3, 0.4) is 0 Å². The lowest BCUT2D eigenvalue weighted by Crippen LogP contribution is -2.39. The van der Waals surface area contributed by atoms with Gasteiger partial charge in [-0.2, -0.15) is 0 Å². The molecule has 0 aromatic heterocycles. The van der Waals surface area contributed by atoms with Gasteiger partial charge in [0.1, 0.15) is 5.82 Å². The molecule has 2 aliphatic rings. The van der Waals surface area contributed by atoms with E-state index in [-0.39, 0.29) is 29.4 Å². The summed E-state index contributed by atoms with van der Waals surface area (Å²) in [6, 6.07) is 5.26. The Balaban J connectivity index is 1.56. The van der Waals surface area contributed by atoms with E-state index in [9.17, 15) is 22.4 Å². The highest BCUT2D eigenvalue weighted by Crippen LogP contribution is 2.41. The van der Waals surface area contributed by atoms with Crippen molar-refractivity contribution in [2.45, 2.75) is 18.9 Å². The number of anilines is 1. The zero-order valence-electron chi connectivity index (χ0n) is 13.2. The van der Waals surface area contributed by atoms with Crippen LogP contribution in [0.1, 0.15) is 12.8 Å². The van der Waals surface area contributed by atoms with Gasteiger partial charge in [0.05, 0.1) is 23.3 Å². The summed E-state index contributed by atoms with van der Waals surface area (Å²) < 4.78 is 36.2. The average molecular weight is 354 g/mol. The summed E-state index contributed by atoms with van der Waals surface area (Å²) in [5.41, 5.74) is 0.355. The predicted octanol–water partition coefficient (Wildman–Crippen LogP) is 1.05. The van der Waals surface area contributed by atoms with E-state index in [1.54, 1.807) is 13.1 Å². The van der Waals surface area contributed by atoms with Crippen molar-refractivity contribution in [3.05, 3.63) is 30.1 Å². The molecule has 0 bridgehead atoms. The molecule has 0 spiro atoms. The summed E-state index contributed by atoms with van der Waals surface area (Å²) in [6.45, 7) is 0.